The van der Waals surface area contributed by atoms with E-state index in [4.69, 9.17) is 0 Å². The first-order chi connectivity index (χ1) is 22.1. The number of benzene rings is 7. The fraction of sp³-hybridized carbons (Fsp3) is 0.0698. The Morgan fingerprint density at radius 1 is 0.422 bits per heavy atom. The van der Waals surface area contributed by atoms with Crippen LogP contribution in [0.4, 0.5) is 0 Å². The highest BCUT2D eigenvalue weighted by molar-refractivity contribution is 6.34. The lowest BCUT2D eigenvalue weighted by Gasteiger charge is -2.22. The molecule has 1 aliphatic carbocycles. The van der Waals surface area contributed by atoms with Gasteiger partial charge >= 0.3 is 0 Å². The van der Waals surface area contributed by atoms with Crippen molar-refractivity contribution in [1.29, 1.82) is 0 Å². The molecular formula is C43H26N2. The fourth-order valence-electron chi connectivity index (χ4n) is 9.57. The number of fused-ring (bicyclic) bond motifs is 18. The molecule has 11 aromatic rings. The molecule has 7 aromatic carbocycles. The monoisotopic (exact) mass is 570 g/mol. The second kappa shape index (κ2) is 7.20. The molecule has 0 amide bonds. The highest BCUT2D eigenvalue weighted by atomic mass is 14.9. The maximum absolute atomic E-state index is 2.59. The van der Waals surface area contributed by atoms with E-state index in [9.17, 15) is 0 Å². The highest BCUT2D eigenvalue weighted by Crippen LogP contribution is 2.55. The minimum atomic E-state index is -0.0983. The molecule has 4 heterocycles. The van der Waals surface area contributed by atoms with Crippen LogP contribution in [0.2, 0.25) is 0 Å². The Balaban J connectivity index is 1.36. The summed E-state index contributed by atoms with van der Waals surface area (Å²) in [6.07, 6.45) is 0. The van der Waals surface area contributed by atoms with Crippen LogP contribution in [-0.4, -0.2) is 8.80 Å². The molecule has 0 N–H and O–H groups in total. The quantitative estimate of drug-likeness (QED) is 0.171. The maximum atomic E-state index is 2.59. The van der Waals surface area contributed by atoms with Gasteiger partial charge in [0.25, 0.3) is 0 Å². The molecular weight excluding hydrogens is 544 g/mol. The van der Waals surface area contributed by atoms with E-state index in [1.165, 1.54) is 109 Å². The van der Waals surface area contributed by atoms with Gasteiger partial charge in [-0.15, -0.1) is 0 Å². The third-order valence-electron chi connectivity index (χ3n) is 11.3. The molecule has 12 rings (SSSR count). The Bertz CT molecular complexity index is 3110. The van der Waals surface area contributed by atoms with E-state index in [1.54, 1.807) is 0 Å². The number of nitrogens with zero attached hydrogens (tertiary/aromatic N) is 2. The van der Waals surface area contributed by atoms with Gasteiger partial charge < -0.3 is 8.80 Å². The van der Waals surface area contributed by atoms with Crippen molar-refractivity contribution in [3.05, 3.63) is 132 Å². The number of hydrogen-bond donors (Lipinski definition) is 0. The van der Waals surface area contributed by atoms with Crippen molar-refractivity contribution >= 4 is 87.0 Å². The molecule has 0 unspecified atom stereocenters. The van der Waals surface area contributed by atoms with Crippen LogP contribution >= 0.6 is 0 Å². The summed E-state index contributed by atoms with van der Waals surface area (Å²) in [5.41, 5.74) is 13.4. The molecule has 45 heavy (non-hydrogen) atoms. The zero-order valence-corrected chi connectivity index (χ0v) is 24.9. The van der Waals surface area contributed by atoms with Gasteiger partial charge in [-0.25, -0.2) is 0 Å². The van der Waals surface area contributed by atoms with Gasteiger partial charge in [0.15, 0.2) is 0 Å². The van der Waals surface area contributed by atoms with Crippen molar-refractivity contribution in [3.8, 4) is 11.1 Å². The Morgan fingerprint density at radius 3 is 2.00 bits per heavy atom. The van der Waals surface area contributed by atoms with Crippen LogP contribution in [-0.2, 0) is 5.41 Å². The first kappa shape index (κ1) is 22.9. The maximum Gasteiger partial charge on any atom is 0.0627 e. The van der Waals surface area contributed by atoms with Crippen LogP contribution in [0.1, 0.15) is 25.0 Å². The van der Waals surface area contributed by atoms with E-state index in [0.717, 1.165) is 0 Å². The van der Waals surface area contributed by atoms with Crippen molar-refractivity contribution < 1.29 is 0 Å². The first-order valence-electron chi connectivity index (χ1n) is 16.0. The largest absolute Gasteiger partial charge is 0.308 e. The summed E-state index contributed by atoms with van der Waals surface area (Å²) in [7, 11) is 0. The Hall–Kier alpha value is -5.60. The van der Waals surface area contributed by atoms with Crippen LogP contribution in [0, 0.1) is 0 Å². The third-order valence-corrected chi connectivity index (χ3v) is 11.3. The molecule has 1 aliphatic rings. The summed E-state index contributed by atoms with van der Waals surface area (Å²) in [6, 6.07) is 45.9. The van der Waals surface area contributed by atoms with Crippen LogP contribution in [0.25, 0.3) is 98.1 Å². The minimum absolute atomic E-state index is 0.0983. The lowest BCUT2D eigenvalue weighted by atomic mass is 9.80. The number of aromatic nitrogens is 2. The molecule has 4 aromatic heterocycles. The second-order valence-electron chi connectivity index (χ2n) is 13.7. The van der Waals surface area contributed by atoms with Gasteiger partial charge in [-0.3, -0.25) is 0 Å². The first-order valence-corrected chi connectivity index (χ1v) is 16.0. The zero-order chi connectivity index (χ0) is 29.3. The summed E-state index contributed by atoms with van der Waals surface area (Å²) < 4.78 is 5.10. The van der Waals surface area contributed by atoms with E-state index in [2.05, 4.69) is 144 Å². The van der Waals surface area contributed by atoms with Crippen molar-refractivity contribution in [2.24, 2.45) is 0 Å². The van der Waals surface area contributed by atoms with Gasteiger partial charge in [0.1, 0.15) is 0 Å². The SMILES string of the molecule is CC1(C)c2ccccc2-c2ccc3c(c21)c1c2ccccc2cc2c4cc5c6cccc7c8ccccc8n(c5cc4n3c21)c76. The second-order valence-corrected chi connectivity index (χ2v) is 13.7. The molecule has 0 radical (unpaired) electrons. The molecule has 0 aliphatic heterocycles. The van der Waals surface area contributed by atoms with E-state index < -0.39 is 0 Å². The van der Waals surface area contributed by atoms with Crippen molar-refractivity contribution in [2.75, 3.05) is 0 Å². The smallest absolute Gasteiger partial charge is 0.0627 e. The molecule has 208 valence electrons. The molecule has 0 spiro atoms. The van der Waals surface area contributed by atoms with Gasteiger partial charge in [0.05, 0.1) is 33.1 Å². The summed E-state index contributed by atoms with van der Waals surface area (Å²) in [6.45, 7) is 4.83. The lowest BCUT2D eigenvalue weighted by molar-refractivity contribution is 0.666. The molecule has 0 atom stereocenters. The van der Waals surface area contributed by atoms with Crippen LogP contribution < -0.4 is 0 Å². The van der Waals surface area contributed by atoms with Gasteiger partial charge in [0.2, 0.25) is 0 Å². The average molecular weight is 571 g/mol. The average Bonchev–Trinajstić information content (AvgIpc) is 3.83. The topological polar surface area (TPSA) is 8.82 Å². The van der Waals surface area contributed by atoms with E-state index in [1.807, 2.05) is 0 Å². The van der Waals surface area contributed by atoms with Crippen molar-refractivity contribution in [1.82, 2.24) is 8.80 Å². The molecule has 0 bridgehead atoms. The van der Waals surface area contributed by atoms with Gasteiger partial charge in [-0.05, 0) is 63.4 Å². The summed E-state index contributed by atoms with van der Waals surface area (Å²) in [4.78, 5) is 0. The summed E-state index contributed by atoms with van der Waals surface area (Å²) >= 11 is 0. The standard InChI is InChI=1S/C43H26N2/c1-43(2)33-16-7-5-12-25(33)27-18-19-35-39(40(27)43)38-24-11-4-3-10-23(24)20-32-31-21-30-29-15-9-14-28-26-13-6-8-17-34(26)44(41(28)29)36(30)22-37(31)45(35)42(32)38/h3-22H,1-2H3. The fourth-order valence-corrected chi connectivity index (χ4v) is 9.57. The Kier molecular flexibility index (Phi) is 3.66. The molecule has 0 saturated heterocycles. The number of hydrogen-bond acceptors (Lipinski definition) is 0. The van der Waals surface area contributed by atoms with Gasteiger partial charge in [-0.1, -0.05) is 105 Å². The number of para-hydroxylation sites is 2. The van der Waals surface area contributed by atoms with E-state index in [0.29, 0.717) is 0 Å². The third kappa shape index (κ3) is 2.37. The Labute approximate surface area is 258 Å². The van der Waals surface area contributed by atoms with Crippen molar-refractivity contribution in [3.63, 3.8) is 0 Å². The predicted molar refractivity (Wildman–Crippen MR) is 191 cm³/mol. The number of rotatable bonds is 0. The van der Waals surface area contributed by atoms with E-state index in [-0.39, 0.29) is 5.41 Å². The van der Waals surface area contributed by atoms with E-state index >= 15 is 0 Å². The normalized spacial score (nSPS) is 14.6. The molecule has 2 heteroatoms. The highest BCUT2D eigenvalue weighted by Gasteiger charge is 2.38. The van der Waals surface area contributed by atoms with Crippen LogP contribution in [0.15, 0.2) is 121 Å². The molecule has 2 nitrogen and oxygen atoms in total. The Morgan fingerprint density at radius 2 is 1.11 bits per heavy atom. The van der Waals surface area contributed by atoms with Crippen LogP contribution in [0.3, 0.4) is 0 Å². The predicted octanol–water partition coefficient (Wildman–Crippen LogP) is 11.4. The zero-order valence-electron chi connectivity index (χ0n) is 24.9. The van der Waals surface area contributed by atoms with Gasteiger partial charge in [-0.2, -0.15) is 0 Å². The van der Waals surface area contributed by atoms with Gasteiger partial charge in [0, 0.05) is 48.5 Å². The summed E-state index contributed by atoms with van der Waals surface area (Å²) in [5.74, 6) is 0. The molecule has 0 saturated carbocycles. The van der Waals surface area contributed by atoms with Crippen molar-refractivity contribution in [2.45, 2.75) is 19.3 Å². The van der Waals surface area contributed by atoms with Crippen LogP contribution in [0.5, 0.6) is 0 Å². The minimum Gasteiger partial charge on any atom is -0.308 e. The lowest BCUT2D eigenvalue weighted by Crippen LogP contribution is -2.15. The summed E-state index contributed by atoms with van der Waals surface area (Å²) in [5, 5.41) is 13.4. The molecule has 0 fully saturated rings.